The van der Waals surface area contributed by atoms with Crippen molar-refractivity contribution >= 4 is 11.9 Å². The molecule has 7 heteroatoms. The second-order valence-electron chi connectivity index (χ2n) is 8.06. The number of hydrogen-bond acceptors (Lipinski definition) is 5. The number of ether oxygens (including phenoxy) is 1. The second-order valence-corrected chi connectivity index (χ2v) is 8.06. The van der Waals surface area contributed by atoms with Gasteiger partial charge in [-0.15, -0.1) is 0 Å². The number of anilines is 1. The molecule has 2 unspecified atom stereocenters. The van der Waals surface area contributed by atoms with Crippen LogP contribution in [-0.2, 0) is 4.74 Å². The molecule has 1 N–H and O–H groups in total. The van der Waals surface area contributed by atoms with Crippen molar-refractivity contribution in [1.29, 1.82) is 0 Å². The normalized spacial score (nSPS) is 22.8. The number of rotatable bonds is 4. The molecular formula is C23H32N6O. The Morgan fingerprint density at radius 3 is 2.57 bits per heavy atom. The maximum Gasteiger partial charge on any atom is 0.225 e. The first kappa shape index (κ1) is 20.6. The van der Waals surface area contributed by atoms with Gasteiger partial charge in [-0.1, -0.05) is 29.8 Å². The Kier molecular flexibility index (Phi) is 6.79. The summed E-state index contributed by atoms with van der Waals surface area (Å²) in [6.07, 6.45) is 6.03. The third kappa shape index (κ3) is 4.90. The van der Waals surface area contributed by atoms with Crippen LogP contribution >= 0.6 is 0 Å². The van der Waals surface area contributed by atoms with Crippen molar-refractivity contribution in [3.63, 3.8) is 0 Å². The van der Waals surface area contributed by atoms with Crippen LogP contribution in [0.4, 0.5) is 5.95 Å². The SMILES string of the molecule is CN=C(NCC1CCCOC1c1ccc(C)cc1)N1CCN(c2ncccn2)CC1. The van der Waals surface area contributed by atoms with Crippen LogP contribution in [0.2, 0.25) is 0 Å². The van der Waals surface area contributed by atoms with Crippen LogP contribution in [0.3, 0.4) is 0 Å². The Hall–Kier alpha value is -2.67. The number of aryl methyl sites for hydroxylation is 1. The van der Waals surface area contributed by atoms with Gasteiger partial charge >= 0.3 is 0 Å². The van der Waals surface area contributed by atoms with Crippen molar-refractivity contribution in [3.8, 4) is 0 Å². The van der Waals surface area contributed by atoms with Crippen LogP contribution in [0.25, 0.3) is 0 Å². The Morgan fingerprint density at radius 2 is 1.87 bits per heavy atom. The lowest BCUT2D eigenvalue weighted by molar-refractivity contribution is -0.0266. The fourth-order valence-electron chi connectivity index (χ4n) is 4.30. The molecule has 4 rings (SSSR count). The first-order chi connectivity index (χ1) is 14.7. The molecule has 3 heterocycles. The fourth-order valence-corrected chi connectivity index (χ4v) is 4.30. The average molecular weight is 409 g/mol. The number of nitrogens with zero attached hydrogens (tertiary/aromatic N) is 5. The summed E-state index contributed by atoms with van der Waals surface area (Å²) in [5.74, 6) is 2.22. The second kappa shape index (κ2) is 9.89. The summed E-state index contributed by atoms with van der Waals surface area (Å²) in [6.45, 7) is 7.42. The van der Waals surface area contributed by atoms with Crippen molar-refractivity contribution < 1.29 is 4.74 Å². The van der Waals surface area contributed by atoms with E-state index in [-0.39, 0.29) is 6.10 Å². The number of aliphatic imine (C=N–C) groups is 1. The first-order valence-electron chi connectivity index (χ1n) is 10.9. The van der Waals surface area contributed by atoms with Gasteiger partial charge in [-0.3, -0.25) is 4.99 Å². The van der Waals surface area contributed by atoms with Gasteiger partial charge in [0.05, 0.1) is 6.10 Å². The van der Waals surface area contributed by atoms with E-state index in [2.05, 4.69) is 61.3 Å². The minimum absolute atomic E-state index is 0.150. The molecule has 30 heavy (non-hydrogen) atoms. The molecule has 2 saturated heterocycles. The monoisotopic (exact) mass is 408 g/mol. The van der Waals surface area contributed by atoms with E-state index in [0.29, 0.717) is 5.92 Å². The Labute approximate surface area is 179 Å². The minimum Gasteiger partial charge on any atom is -0.373 e. The molecule has 0 aliphatic carbocycles. The van der Waals surface area contributed by atoms with Gasteiger partial charge in [-0.25, -0.2) is 9.97 Å². The molecule has 0 radical (unpaired) electrons. The minimum atomic E-state index is 0.150. The van der Waals surface area contributed by atoms with Crippen molar-refractivity contribution in [2.24, 2.45) is 10.9 Å². The topological polar surface area (TPSA) is 65.9 Å². The van der Waals surface area contributed by atoms with Crippen LogP contribution in [0.1, 0.15) is 30.1 Å². The zero-order valence-electron chi connectivity index (χ0n) is 18.0. The summed E-state index contributed by atoms with van der Waals surface area (Å²) in [5, 5.41) is 3.62. The van der Waals surface area contributed by atoms with Gasteiger partial charge in [0.1, 0.15) is 0 Å². The third-order valence-corrected chi connectivity index (χ3v) is 6.00. The molecule has 1 aromatic carbocycles. The van der Waals surface area contributed by atoms with Crippen LogP contribution in [0.15, 0.2) is 47.7 Å². The number of aromatic nitrogens is 2. The summed E-state index contributed by atoms with van der Waals surface area (Å²) in [4.78, 5) is 17.8. The van der Waals surface area contributed by atoms with Crippen LogP contribution < -0.4 is 10.2 Å². The van der Waals surface area contributed by atoms with E-state index in [1.54, 1.807) is 12.4 Å². The lowest BCUT2D eigenvalue weighted by Crippen LogP contribution is -2.53. The van der Waals surface area contributed by atoms with Crippen molar-refractivity contribution in [2.75, 3.05) is 51.3 Å². The summed E-state index contributed by atoms with van der Waals surface area (Å²) in [5.41, 5.74) is 2.56. The van der Waals surface area contributed by atoms with Crippen molar-refractivity contribution in [3.05, 3.63) is 53.9 Å². The predicted molar refractivity (Wildman–Crippen MR) is 120 cm³/mol. The maximum absolute atomic E-state index is 6.18. The van der Waals surface area contributed by atoms with E-state index >= 15 is 0 Å². The summed E-state index contributed by atoms with van der Waals surface area (Å²) >= 11 is 0. The molecule has 0 spiro atoms. The number of guanidine groups is 1. The van der Waals surface area contributed by atoms with E-state index in [4.69, 9.17) is 4.74 Å². The molecule has 2 aliphatic rings. The average Bonchev–Trinajstić information content (AvgIpc) is 2.81. The van der Waals surface area contributed by atoms with E-state index in [0.717, 1.165) is 57.7 Å². The van der Waals surface area contributed by atoms with Crippen LogP contribution in [0, 0.1) is 12.8 Å². The van der Waals surface area contributed by atoms with Crippen molar-refractivity contribution in [1.82, 2.24) is 20.2 Å². The highest BCUT2D eigenvalue weighted by Crippen LogP contribution is 2.33. The van der Waals surface area contributed by atoms with E-state index in [1.165, 1.54) is 17.5 Å². The zero-order valence-corrected chi connectivity index (χ0v) is 18.0. The van der Waals surface area contributed by atoms with Gasteiger partial charge in [-0.05, 0) is 31.4 Å². The standard InChI is InChI=1S/C23H32N6O/c1-18-6-8-19(9-7-18)21-20(5-3-16-30-21)17-27-22(24-2)28-12-14-29(15-13-28)23-25-10-4-11-26-23/h4,6-11,20-21H,3,5,12-17H2,1-2H3,(H,24,27). The fraction of sp³-hybridized carbons (Fsp3) is 0.522. The molecular weight excluding hydrogens is 376 g/mol. The first-order valence-corrected chi connectivity index (χ1v) is 10.9. The largest absolute Gasteiger partial charge is 0.373 e. The van der Waals surface area contributed by atoms with Crippen molar-refractivity contribution in [2.45, 2.75) is 25.9 Å². The lowest BCUT2D eigenvalue weighted by Gasteiger charge is -2.38. The van der Waals surface area contributed by atoms with Gasteiger partial charge in [0.2, 0.25) is 5.95 Å². The number of hydrogen-bond donors (Lipinski definition) is 1. The molecule has 0 amide bonds. The molecule has 2 aromatic rings. The van der Waals surface area contributed by atoms with Crippen LogP contribution in [-0.4, -0.2) is 67.2 Å². The molecule has 0 bridgehead atoms. The maximum atomic E-state index is 6.18. The quantitative estimate of drug-likeness (QED) is 0.620. The highest BCUT2D eigenvalue weighted by atomic mass is 16.5. The van der Waals surface area contributed by atoms with Gasteiger partial charge in [0, 0.05) is 64.7 Å². The highest BCUT2D eigenvalue weighted by molar-refractivity contribution is 5.80. The Bertz CT molecular complexity index is 817. The molecule has 7 nitrogen and oxygen atoms in total. The summed E-state index contributed by atoms with van der Waals surface area (Å²) in [7, 11) is 1.86. The Morgan fingerprint density at radius 1 is 1.13 bits per heavy atom. The molecule has 1 aromatic heterocycles. The number of piperazine rings is 1. The highest BCUT2D eigenvalue weighted by Gasteiger charge is 2.28. The molecule has 2 aliphatic heterocycles. The smallest absolute Gasteiger partial charge is 0.225 e. The van der Waals surface area contributed by atoms with Gasteiger partial charge < -0.3 is 19.9 Å². The van der Waals surface area contributed by atoms with Gasteiger partial charge in [-0.2, -0.15) is 0 Å². The third-order valence-electron chi connectivity index (χ3n) is 6.00. The zero-order chi connectivity index (χ0) is 20.8. The molecule has 160 valence electrons. The molecule has 2 atom stereocenters. The number of benzene rings is 1. The number of nitrogens with one attached hydrogen (secondary N) is 1. The van der Waals surface area contributed by atoms with E-state index < -0.39 is 0 Å². The van der Waals surface area contributed by atoms with E-state index in [9.17, 15) is 0 Å². The Balaban J connectivity index is 1.33. The van der Waals surface area contributed by atoms with Gasteiger partial charge in [0.15, 0.2) is 5.96 Å². The van der Waals surface area contributed by atoms with Crippen LogP contribution in [0.5, 0.6) is 0 Å². The van der Waals surface area contributed by atoms with Gasteiger partial charge in [0.25, 0.3) is 0 Å². The molecule has 0 saturated carbocycles. The van der Waals surface area contributed by atoms with E-state index in [1.807, 2.05) is 13.1 Å². The summed E-state index contributed by atoms with van der Waals surface area (Å²) < 4.78 is 6.18. The molecule has 2 fully saturated rings. The summed E-state index contributed by atoms with van der Waals surface area (Å²) in [6, 6.07) is 10.6. The lowest BCUT2D eigenvalue weighted by atomic mass is 9.89. The predicted octanol–water partition coefficient (Wildman–Crippen LogP) is 2.65.